The van der Waals surface area contributed by atoms with E-state index < -0.39 is 0 Å². The summed E-state index contributed by atoms with van der Waals surface area (Å²) in [5.74, 6) is 0.964. The van der Waals surface area contributed by atoms with Crippen molar-refractivity contribution in [2.45, 2.75) is 13.3 Å². The summed E-state index contributed by atoms with van der Waals surface area (Å²) in [6.45, 7) is 1.55. The number of nitrogens with one attached hydrogen (secondary N) is 1. The van der Waals surface area contributed by atoms with Crippen LogP contribution in [0.1, 0.15) is 27.7 Å². The largest absolute Gasteiger partial charge is 0.458 e. The molecule has 0 saturated heterocycles. The molecule has 0 bridgehead atoms. The van der Waals surface area contributed by atoms with Crippen molar-refractivity contribution in [1.82, 2.24) is 10.3 Å². The number of hydrogen-bond acceptors (Lipinski definition) is 5. The third-order valence-electron chi connectivity index (χ3n) is 4.44. The highest BCUT2D eigenvalue weighted by Gasteiger charge is 2.22. The maximum atomic E-state index is 12.0. The lowest BCUT2D eigenvalue weighted by Gasteiger charge is -2.05. The van der Waals surface area contributed by atoms with Crippen LogP contribution in [0, 0.1) is 0 Å². The number of aromatic nitrogens is 1. The van der Waals surface area contributed by atoms with Crippen LogP contribution in [0.5, 0.6) is 5.75 Å². The van der Waals surface area contributed by atoms with E-state index in [0.717, 1.165) is 21.6 Å². The highest BCUT2D eigenvalue weighted by molar-refractivity contribution is 7.17. The first-order valence-electron chi connectivity index (χ1n) is 9.18. The quantitative estimate of drug-likeness (QED) is 0.437. The minimum Gasteiger partial charge on any atom is -0.458 e. The second-order valence-corrected chi connectivity index (χ2v) is 8.18. The Balaban J connectivity index is 1.46. The summed E-state index contributed by atoms with van der Waals surface area (Å²) in [6.07, 6.45) is 8.53. The van der Waals surface area contributed by atoms with Crippen molar-refractivity contribution >= 4 is 40.7 Å². The zero-order valence-electron chi connectivity index (χ0n) is 16.0. The highest BCUT2D eigenvalue weighted by Crippen LogP contribution is 2.41. The summed E-state index contributed by atoms with van der Waals surface area (Å²) >= 11 is 7.85. The number of carbonyl (C=O) groups excluding carboxylic acids is 2. The lowest BCUT2D eigenvalue weighted by molar-refractivity contribution is -0.115. The number of ether oxygens (including phenoxy) is 1. The molecule has 30 heavy (non-hydrogen) atoms. The topological polar surface area (TPSA) is 68.3 Å². The van der Waals surface area contributed by atoms with E-state index in [2.05, 4.69) is 10.3 Å². The zero-order chi connectivity index (χ0) is 21.1. The van der Waals surface area contributed by atoms with Gasteiger partial charge in [0.2, 0.25) is 5.91 Å². The summed E-state index contributed by atoms with van der Waals surface area (Å²) in [5.41, 5.74) is 2.71. The van der Waals surface area contributed by atoms with Gasteiger partial charge in [0, 0.05) is 41.5 Å². The Morgan fingerprint density at radius 2 is 2.13 bits per heavy atom. The van der Waals surface area contributed by atoms with Gasteiger partial charge in [0.1, 0.15) is 11.5 Å². The van der Waals surface area contributed by atoms with E-state index in [4.69, 9.17) is 16.3 Å². The molecule has 0 radical (unpaired) electrons. The van der Waals surface area contributed by atoms with Gasteiger partial charge in [0.05, 0.1) is 9.90 Å². The average molecular weight is 437 g/mol. The molecule has 0 saturated carbocycles. The number of benzene rings is 1. The van der Waals surface area contributed by atoms with Gasteiger partial charge in [0.15, 0.2) is 5.78 Å². The fourth-order valence-corrected chi connectivity index (χ4v) is 4.17. The van der Waals surface area contributed by atoms with Crippen LogP contribution in [0.2, 0.25) is 5.02 Å². The molecule has 1 aromatic carbocycles. The van der Waals surface area contributed by atoms with Crippen LogP contribution in [0.15, 0.2) is 66.8 Å². The third kappa shape index (κ3) is 4.50. The molecule has 1 aliphatic rings. The van der Waals surface area contributed by atoms with Crippen molar-refractivity contribution in [3.05, 3.63) is 87.9 Å². The van der Waals surface area contributed by atoms with Gasteiger partial charge in [-0.2, -0.15) is 0 Å². The summed E-state index contributed by atoms with van der Waals surface area (Å²) in [7, 11) is 0. The Hall–Kier alpha value is -3.22. The van der Waals surface area contributed by atoms with Crippen molar-refractivity contribution in [1.29, 1.82) is 0 Å². The van der Waals surface area contributed by atoms with Crippen molar-refractivity contribution in [3.8, 4) is 16.2 Å². The molecule has 1 N–H and O–H groups in total. The van der Waals surface area contributed by atoms with Crippen LogP contribution in [0.25, 0.3) is 16.5 Å². The zero-order valence-corrected chi connectivity index (χ0v) is 17.6. The maximum Gasteiger partial charge on any atom is 0.248 e. The number of hydrogen-bond donors (Lipinski definition) is 1. The minimum absolute atomic E-state index is 0.0420. The van der Waals surface area contributed by atoms with E-state index in [-0.39, 0.29) is 11.7 Å². The predicted molar refractivity (Wildman–Crippen MR) is 119 cm³/mol. The molecule has 3 heterocycles. The molecule has 0 fully saturated rings. The van der Waals surface area contributed by atoms with E-state index >= 15 is 0 Å². The molecular weight excluding hydrogens is 420 g/mol. The Bertz CT molecular complexity index is 1180. The first-order valence-corrected chi connectivity index (χ1v) is 10.4. The molecule has 4 rings (SSSR count). The normalized spacial score (nSPS) is 14.0. The monoisotopic (exact) mass is 436 g/mol. The lowest BCUT2D eigenvalue weighted by atomic mass is 10.1. The van der Waals surface area contributed by atoms with Crippen LogP contribution in [0.3, 0.4) is 0 Å². The van der Waals surface area contributed by atoms with Crippen LogP contribution in [-0.2, 0) is 11.2 Å². The molecule has 1 amide bonds. The number of pyridine rings is 1. The Kier molecular flexibility index (Phi) is 5.79. The fourth-order valence-electron chi connectivity index (χ4n) is 3.00. The first kappa shape index (κ1) is 20.1. The third-order valence-corrected chi connectivity index (χ3v) is 5.96. The molecule has 5 nitrogen and oxygen atoms in total. The van der Waals surface area contributed by atoms with Crippen LogP contribution >= 0.6 is 22.9 Å². The maximum absolute atomic E-state index is 12.0. The Morgan fingerprint density at radius 3 is 2.87 bits per heavy atom. The number of fused-ring (bicyclic) bond motifs is 1. The molecular formula is C23H17ClN2O3S. The number of allylic oxidation sites excluding steroid dienone is 1. The molecule has 3 aromatic rings. The molecule has 0 unspecified atom stereocenters. The number of carbonyl (C=O) groups is 2. The lowest BCUT2D eigenvalue weighted by Crippen LogP contribution is -2.15. The second-order valence-electron chi connectivity index (χ2n) is 6.68. The van der Waals surface area contributed by atoms with Gasteiger partial charge in [-0.1, -0.05) is 17.7 Å². The Morgan fingerprint density at radius 1 is 1.27 bits per heavy atom. The number of ketones is 1. The van der Waals surface area contributed by atoms with Gasteiger partial charge < -0.3 is 10.1 Å². The van der Waals surface area contributed by atoms with Crippen LogP contribution in [0.4, 0.5) is 0 Å². The number of amides is 1. The summed E-state index contributed by atoms with van der Waals surface area (Å²) in [4.78, 5) is 29.3. The minimum atomic E-state index is -0.270. The molecule has 0 atom stereocenters. The van der Waals surface area contributed by atoms with Crippen LogP contribution in [-0.4, -0.2) is 16.7 Å². The van der Waals surface area contributed by atoms with E-state index in [1.807, 2.05) is 30.3 Å². The summed E-state index contributed by atoms with van der Waals surface area (Å²) < 4.78 is 5.81. The van der Waals surface area contributed by atoms with E-state index in [9.17, 15) is 9.59 Å². The van der Waals surface area contributed by atoms with Gasteiger partial charge in [0.25, 0.3) is 0 Å². The molecule has 1 aliphatic heterocycles. The predicted octanol–water partition coefficient (Wildman–Crippen LogP) is 5.27. The standard InChI is InChI=1S/C23H17ClN2O3S/c1-14(27)20-5-6-21(30-20)16-9-17-10-18(29-23(17)19(24)11-16)13-26-22(28)7-4-15-3-2-8-25-12-15/h2-9,11-13H,10H2,1H3,(H,26,28)/b7-4+,18-13-. The first-order chi connectivity index (χ1) is 14.5. The van der Waals surface area contributed by atoms with E-state index in [0.29, 0.717) is 27.8 Å². The van der Waals surface area contributed by atoms with E-state index in [1.54, 1.807) is 37.7 Å². The molecule has 0 spiro atoms. The van der Waals surface area contributed by atoms with Crippen molar-refractivity contribution < 1.29 is 14.3 Å². The molecule has 7 heteroatoms. The van der Waals surface area contributed by atoms with Gasteiger partial charge in [-0.25, -0.2) is 0 Å². The number of nitrogens with zero attached hydrogens (tertiary/aromatic N) is 1. The van der Waals surface area contributed by atoms with Gasteiger partial charge in [-0.3, -0.25) is 14.6 Å². The van der Waals surface area contributed by atoms with Gasteiger partial charge in [-0.15, -0.1) is 11.3 Å². The highest BCUT2D eigenvalue weighted by atomic mass is 35.5. The number of thiophene rings is 1. The molecule has 150 valence electrons. The van der Waals surface area contributed by atoms with E-state index in [1.165, 1.54) is 17.4 Å². The van der Waals surface area contributed by atoms with Crippen LogP contribution < -0.4 is 10.1 Å². The smallest absolute Gasteiger partial charge is 0.248 e. The van der Waals surface area contributed by atoms with Crippen molar-refractivity contribution in [2.75, 3.05) is 0 Å². The average Bonchev–Trinajstić information content (AvgIpc) is 3.39. The van der Waals surface area contributed by atoms with Crippen molar-refractivity contribution in [2.24, 2.45) is 0 Å². The van der Waals surface area contributed by atoms with Gasteiger partial charge in [-0.05, 0) is 54.5 Å². The number of halogens is 1. The summed E-state index contributed by atoms with van der Waals surface area (Å²) in [6, 6.07) is 11.2. The fraction of sp³-hybridized carbons (Fsp3) is 0.0870. The Labute approximate surface area is 182 Å². The molecule has 2 aromatic heterocycles. The number of rotatable bonds is 5. The SMILES string of the molecule is CC(=O)c1ccc(-c2cc(Cl)c3c(c2)C/C(=C/NC(=O)/C=C/c2cccnc2)O3)s1. The van der Waals surface area contributed by atoms with Crippen molar-refractivity contribution in [3.63, 3.8) is 0 Å². The second kappa shape index (κ2) is 8.65. The summed E-state index contributed by atoms with van der Waals surface area (Å²) in [5, 5.41) is 3.19. The molecule has 0 aliphatic carbocycles. The van der Waals surface area contributed by atoms with Gasteiger partial charge >= 0.3 is 0 Å². The number of Topliss-reactive ketones (excluding diaryl/α,β-unsaturated/α-hetero) is 1.